The van der Waals surface area contributed by atoms with E-state index in [-0.39, 0.29) is 9.99 Å². The quantitative estimate of drug-likeness (QED) is 0.789. The first-order chi connectivity index (χ1) is 8.59. The molecule has 1 N–H and O–H groups in total. The molecule has 0 radical (unpaired) electrons. The fourth-order valence-electron chi connectivity index (χ4n) is 2.72. The molecular formula is C13H15BrN2OS. The average Bonchev–Trinajstić information content (AvgIpc) is 2.34. The number of amides is 1. The molecule has 0 saturated carbocycles. The zero-order valence-corrected chi connectivity index (χ0v) is 12.6. The van der Waals surface area contributed by atoms with Gasteiger partial charge in [0.1, 0.15) is 0 Å². The third kappa shape index (κ3) is 2.08. The first-order valence-electron chi connectivity index (χ1n) is 6.08. The van der Waals surface area contributed by atoms with Crippen molar-refractivity contribution in [2.24, 2.45) is 0 Å². The predicted octanol–water partition coefficient (Wildman–Crippen LogP) is 3.65. The lowest BCUT2D eigenvalue weighted by atomic mass is 9.87. The summed E-state index contributed by atoms with van der Waals surface area (Å²) in [5.41, 5.74) is 2.25. The number of hydrogen-bond acceptors (Lipinski definition) is 3. The van der Waals surface area contributed by atoms with E-state index < -0.39 is 0 Å². The number of hydrogen-bond donors (Lipinski definition) is 1. The molecule has 0 atom stereocenters. The molecule has 1 aromatic carbocycles. The van der Waals surface area contributed by atoms with Crippen LogP contribution in [0.5, 0.6) is 0 Å². The van der Waals surface area contributed by atoms with Gasteiger partial charge in [0.25, 0.3) is 5.24 Å². The van der Waals surface area contributed by atoms with Gasteiger partial charge in [-0.2, -0.15) is 0 Å². The zero-order chi connectivity index (χ0) is 12.8. The van der Waals surface area contributed by atoms with Crippen molar-refractivity contribution >= 4 is 38.6 Å². The number of halogens is 1. The molecule has 0 bridgehead atoms. The standard InChI is InChI=1S/C13H15BrN2OS/c1-16-6-4-13(5-7-16)10-8-9(14)2-3-11(10)15-12(17)18-13/h2-3,8H,4-7H2,1H3,(H,15,17). The number of benzene rings is 1. The maximum Gasteiger partial charge on any atom is 0.284 e. The summed E-state index contributed by atoms with van der Waals surface area (Å²) in [5, 5.41) is 3.04. The van der Waals surface area contributed by atoms with Crippen LogP contribution in [0.4, 0.5) is 10.5 Å². The third-order valence-electron chi connectivity index (χ3n) is 3.79. The number of carbonyl (C=O) groups excluding carboxylic acids is 1. The molecule has 0 aliphatic carbocycles. The number of nitrogens with one attached hydrogen (secondary N) is 1. The summed E-state index contributed by atoms with van der Waals surface area (Å²) in [6.07, 6.45) is 2.07. The first kappa shape index (κ1) is 12.5. The maximum absolute atomic E-state index is 11.9. The van der Waals surface area contributed by atoms with Crippen molar-refractivity contribution in [1.82, 2.24) is 4.90 Å². The molecule has 1 aromatic rings. The molecule has 0 aromatic heterocycles. The van der Waals surface area contributed by atoms with E-state index in [9.17, 15) is 4.79 Å². The summed E-state index contributed by atoms with van der Waals surface area (Å²) in [6, 6.07) is 6.14. The monoisotopic (exact) mass is 326 g/mol. The molecule has 1 spiro atoms. The van der Waals surface area contributed by atoms with Crippen molar-refractivity contribution in [2.75, 3.05) is 25.5 Å². The summed E-state index contributed by atoms with van der Waals surface area (Å²) in [4.78, 5) is 14.2. The van der Waals surface area contributed by atoms with Gasteiger partial charge >= 0.3 is 0 Å². The number of carbonyl (C=O) groups is 1. The van der Waals surface area contributed by atoms with Gasteiger partial charge in [-0.05, 0) is 56.7 Å². The van der Waals surface area contributed by atoms with Gasteiger partial charge in [0.15, 0.2) is 0 Å². The second kappa shape index (κ2) is 4.54. The van der Waals surface area contributed by atoms with Gasteiger partial charge in [-0.1, -0.05) is 27.7 Å². The highest BCUT2D eigenvalue weighted by molar-refractivity contribution is 9.10. The third-order valence-corrected chi connectivity index (χ3v) is 5.59. The van der Waals surface area contributed by atoms with Crippen LogP contribution in [0.3, 0.4) is 0 Å². The summed E-state index contributed by atoms with van der Waals surface area (Å²) in [6.45, 7) is 2.10. The molecule has 96 valence electrons. The molecule has 0 unspecified atom stereocenters. The molecule has 2 heterocycles. The van der Waals surface area contributed by atoms with Crippen molar-refractivity contribution in [2.45, 2.75) is 17.6 Å². The van der Waals surface area contributed by atoms with Gasteiger partial charge in [0.05, 0.1) is 4.75 Å². The molecule has 2 aliphatic rings. The van der Waals surface area contributed by atoms with Crippen LogP contribution in [-0.2, 0) is 4.75 Å². The minimum absolute atomic E-state index is 0.0338. The zero-order valence-electron chi connectivity index (χ0n) is 10.2. The Morgan fingerprint density at radius 3 is 2.83 bits per heavy atom. The smallest absolute Gasteiger partial charge is 0.284 e. The molecule has 5 heteroatoms. The second-order valence-electron chi connectivity index (χ2n) is 5.00. The van der Waals surface area contributed by atoms with Gasteiger partial charge in [0.2, 0.25) is 0 Å². The number of anilines is 1. The predicted molar refractivity (Wildman–Crippen MR) is 79.2 cm³/mol. The average molecular weight is 327 g/mol. The van der Waals surface area contributed by atoms with E-state index >= 15 is 0 Å². The lowest BCUT2D eigenvalue weighted by Crippen LogP contribution is -2.42. The van der Waals surface area contributed by atoms with E-state index in [2.05, 4.69) is 39.3 Å². The SMILES string of the molecule is CN1CCC2(CC1)SC(=O)Nc1ccc(Br)cc12. The van der Waals surface area contributed by atoms with E-state index in [1.807, 2.05) is 12.1 Å². The summed E-state index contributed by atoms with van der Waals surface area (Å²) in [5.74, 6) is 0. The molecule has 3 nitrogen and oxygen atoms in total. The summed E-state index contributed by atoms with van der Waals surface area (Å²) in [7, 11) is 2.14. The largest absolute Gasteiger partial charge is 0.317 e. The summed E-state index contributed by atoms with van der Waals surface area (Å²) >= 11 is 5.00. The van der Waals surface area contributed by atoms with E-state index in [1.165, 1.54) is 17.3 Å². The van der Waals surface area contributed by atoms with Crippen molar-refractivity contribution in [1.29, 1.82) is 0 Å². The number of piperidine rings is 1. The van der Waals surface area contributed by atoms with E-state index in [0.29, 0.717) is 0 Å². The van der Waals surface area contributed by atoms with Crippen LogP contribution in [0.1, 0.15) is 18.4 Å². The Hall–Kier alpha value is -0.520. The molecular weight excluding hydrogens is 312 g/mol. The van der Waals surface area contributed by atoms with Crippen LogP contribution >= 0.6 is 27.7 Å². The number of rotatable bonds is 0. The van der Waals surface area contributed by atoms with Crippen LogP contribution in [0.25, 0.3) is 0 Å². The highest BCUT2D eigenvalue weighted by Gasteiger charge is 2.42. The summed E-state index contributed by atoms with van der Waals surface area (Å²) < 4.78 is 1.05. The first-order valence-corrected chi connectivity index (χ1v) is 7.69. The highest BCUT2D eigenvalue weighted by Crippen LogP contribution is 2.51. The lowest BCUT2D eigenvalue weighted by molar-refractivity contribution is 0.238. The Balaban J connectivity index is 2.06. The van der Waals surface area contributed by atoms with E-state index in [0.717, 1.165) is 36.1 Å². The van der Waals surface area contributed by atoms with Gasteiger partial charge in [0, 0.05) is 10.2 Å². The Morgan fingerprint density at radius 1 is 1.39 bits per heavy atom. The van der Waals surface area contributed by atoms with Gasteiger partial charge in [-0.15, -0.1) is 0 Å². The molecule has 3 rings (SSSR count). The minimum atomic E-state index is -0.0338. The molecule has 18 heavy (non-hydrogen) atoms. The fraction of sp³-hybridized carbons (Fsp3) is 0.462. The Kier molecular flexibility index (Phi) is 3.16. The van der Waals surface area contributed by atoms with Crippen molar-refractivity contribution in [3.63, 3.8) is 0 Å². The van der Waals surface area contributed by atoms with Gasteiger partial charge in [-0.3, -0.25) is 4.79 Å². The maximum atomic E-state index is 11.9. The van der Waals surface area contributed by atoms with Crippen molar-refractivity contribution in [3.05, 3.63) is 28.2 Å². The Labute approximate surface area is 119 Å². The number of fused-ring (bicyclic) bond motifs is 2. The Bertz CT molecular complexity index is 498. The van der Waals surface area contributed by atoms with Crippen LogP contribution in [0.2, 0.25) is 0 Å². The minimum Gasteiger partial charge on any atom is -0.317 e. The highest BCUT2D eigenvalue weighted by atomic mass is 79.9. The number of likely N-dealkylation sites (tertiary alicyclic amines) is 1. The van der Waals surface area contributed by atoms with Gasteiger partial charge in [-0.25, -0.2) is 0 Å². The molecule has 1 fully saturated rings. The number of thioether (sulfide) groups is 1. The topological polar surface area (TPSA) is 32.3 Å². The van der Waals surface area contributed by atoms with Crippen LogP contribution in [0.15, 0.2) is 22.7 Å². The normalized spacial score (nSPS) is 22.7. The van der Waals surface area contributed by atoms with Crippen molar-refractivity contribution < 1.29 is 4.79 Å². The lowest BCUT2D eigenvalue weighted by Gasteiger charge is -2.43. The molecule has 1 amide bonds. The molecule has 1 saturated heterocycles. The van der Waals surface area contributed by atoms with Crippen molar-refractivity contribution in [3.8, 4) is 0 Å². The molecule has 2 aliphatic heterocycles. The fourth-order valence-corrected chi connectivity index (χ4v) is 4.26. The van der Waals surface area contributed by atoms with E-state index in [4.69, 9.17) is 0 Å². The second-order valence-corrected chi connectivity index (χ2v) is 7.27. The van der Waals surface area contributed by atoms with Gasteiger partial charge < -0.3 is 10.2 Å². The van der Waals surface area contributed by atoms with Crippen LogP contribution < -0.4 is 5.32 Å². The Morgan fingerprint density at radius 2 is 2.11 bits per heavy atom. The number of nitrogens with zero attached hydrogens (tertiary/aromatic N) is 1. The van der Waals surface area contributed by atoms with Crippen LogP contribution in [0, 0.1) is 0 Å². The van der Waals surface area contributed by atoms with Crippen LogP contribution in [-0.4, -0.2) is 30.3 Å². The van der Waals surface area contributed by atoms with E-state index in [1.54, 1.807) is 0 Å².